The standard InChI is InChI=1S/C18H20ClN5O4/c1-11-16(22-28-21-11)4-17(25)24-7-12-6-23(8-14(24)10-27-9-12)18(26)15-3-2-13(19)5-20-15/h2-3,5,12,14H,4,6-10H2,1H3/t12-,14-/m0/s1. The number of aromatic nitrogens is 3. The lowest BCUT2D eigenvalue weighted by Crippen LogP contribution is -2.48. The van der Waals surface area contributed by atoms with Crippen molar-refractivity contribution in [3.8, 4) is 0 Å². The highest BCUT2D eigenvalue weighted by Crippen LogP contribution is 2.22. The highest BCUT2D eigenvalue weighted by Gasteiger charge is 2.38. The Hall–Kier alpha value is -2.52. The summed E-state index contributed by atoms with van der Waals surface area (Å²) in [6, 6.07) is 3.04. The predicted molar refractivity (Wildman–Crippen MR) is 97.7 cm³/mol. The second-order valence-corrected chi connectivity index (χ2v) is 7.58. The molecule has 10 heteroatoms. The molecule has 2 aromatic rings. The van der Waals surface area contributed by atoms with Gasteiger partial charge in [-0.3, -0.25) is 9.59 Å². The van der Waals surface area contributed by atoms with Crippen LogP contribution in [0.25, 0.3) is 0 Å². The number of rotatable bonds is 3. The van der Waals surface area contributed by atoms with Crippen LogP contribution < -0.4 is 0 Å². The van der Waals surface area contributed by atoms with E-state index in [-0.39, 0.29) is 30.2 Å². The molecule has 2 aliphatic rings. The zero-order chi connectivity index (χ0) is 19.7. The number of fused-ring (bicyclic) bond motifs is 3. The Morgan fingerprint density at radius 3 is 2.79 bits per heavy atom. The minimum absolute atomic E-state index is 0.0317. The molecule has 2 amide bonds. The van der Waals surface area contributed by atoms with E-state index < -0.39 is 0 Å². The lowest BCUT2D eigenvalue weighted by Gasteiger charge is -2.31. The average molecular weight is 406 g/mol. The lowest BCUT2D eigenvalue weighted by molar-refractivity contribution is -0.133. The number of carbonyl (C=O) groups excluding carboxylic acids is 2. The first-order chi connectivity index (χ1) is 13.5. The highest BCUT2D eigenvalue weighted by atomic mass is 35.5. The van der Waals surface area contributed by atoms with Gasteiger partial charge in [0.1, 0.15) is 17.1 Å². The van der Waals surface area contributed by atoms with Crippen LogP contribution in [0.5, 0.6) is 0 Å². The van der Waals surface area contributed by atoms with Crippen molar-refractivity contribution in [3.05, 3.63) is 40.4 Å². The van der Waals surface area contributed by atoms with Gasteiger partial charge in [-0.2, -0.15) is 0 Å². The number of nitrogens with zero attached hydrogens (tertiary/aromatic N) is 5. The summed E-state index contributed by atoms with van der Waals surface area (Å²) in [4.78, 5) is 33.5. The van der Waals surface area contributed by atoms with Crippen molar-refractivity contribution < 1.29 is 19.0 Å². The smallest absolute Gasteiger partial charge is 0.272 e. The van der Waals surface area contributed by atoms with Crippen LogP contribution in [0, 0.1) is 12.8 Å². The van der Waals surface area contributed by atoms with Gasteiger partial charge in [0.2, 0.25) is 5.91 Å². The monoisotopic (exact) mass is 405 g/mol. The summed E-state index contributed by atoms with van der Waals surface area (Å²) in [7, 11) is 0. The maximum Gasteiger partial charge on any atom is 0.272 e. The van der Waals surface area contributed by atoms with Gasteiger partial charge < -0.3 is 14.5 Å². The van der Waals surface area contributed by atoms with Crippen molar-refractivity contribution in [3.63, 3.8) is 0 Å². The molecule has 2 bridgehead atoms. The first-order valence-corrected chi connectivity index (χ1v) is 9.45. The van der Waals surface area contributed by atoms with Crippen molar-refractivity contribution in [1.29, 1.82) is 0 Å². The first-order valence-electron chi connectivity index (χ1n) is 9.07. The fourth-order valence-corrected chi connectivity index (χ4v) is 3.75. The summed E-state index contributed by atoms with van der Waals surface area (Å²) in [6.45, 7) is 4.07. The zero-order valence-electron chi connectivity index (χ0n) is 15.4. The molecule has 0 aromatic carbocycles. The van der Waals surface area contributed by atoms with E-state index in [1.807, 2.05) is 0 Å². The summed E-state index contributed by atoms with van der Waals surface area (Å²) in [5.41, 5.74) is 1.48. The van der Waals surface area contributed by atoms with Gasteiger partial charge in [-0.25, -0.2) is 9.61 Å². The van der Waals surface area contributed by atoms with Crippen molar-refractivity contribution in [1.82, 2.24) is 25.1 Å². The molecule has 4 rings (SSSR count). The van der Waals surface area contributed by atoms with Gasteiger partial charge in [0.25, 0.3) is 5.91 Å². The fraction of sp³-hybridized carbons (Fsp3) is 0.500. The number of amides is 2. The van der Waals surface area contributed by atoms with E-state index in [9.17, 15) is 9.59 Å². The van der Waals surface area contributed by atoms with Crippen molar-refractivity contribution in [2.75, 3.05) is 32.8 Å². The summed E-state index contributed by atoms with van der Waals surface area (Å²) in [6.07, 6.45) is 1.58. The molecule has 2 atom stereocenters. The van der Waals surface area contributed by atoms with Gasteiger partial charge in [-0.1, -0.05) is 21.9 Å². The molecule has 2 aliphatic heterocycles. The minimum Gasteiger partial charge on any atom is -0.379 e. The third-order valence-corrected chi connectivity index (χ3v) is 5.31. The van der Waals surface area contributed by atoms with E-state index in [1.54, 1.807) is 28.9 Å². The van der Waals surface area contributed by atoms with Crippen LogP contribution in [-0.4, -0.2) is 75.8 Å². The van der Waals surface area contributed by atoms with E-state index in [0.717, 1.165) is 0 Å². The summed E-state index contributed by atoms with van der Waals surface area (Å²) in [5.74, 6) is -0.207. The number of hydrogen-bond acceptors (Lipinski definition) is 7. The highest BCUT2D eigenvalue weighted by molar-refractivity contribution is 6.30. The lowest BCUT2D eigenvalue weighted by atomic mass is 10.1. The van der Waals surface area contributed by atoms with Crippen molar-refractivity contribution >= 4 is 23.4 Å². The Kier molecular flexibility index (Phi) is 5.27. The summed E-state index contributed by atoms with van der Waals surface area (Å²) in [5, 5.41) is 8.00. The Balaban J connectivity index is 1.52. The Morgan fingerprint density at radius 1 is 1.21 bits per heavy atom. The Morgan fingerprint density at radius 2 is 2.07 bits per heavy atom. The molecule has 148 valence electrons. The molecule has 4 heterocycles. The van der Waals surface area contributed by atoms with Crippen LogP contribution in [0.4, 0.5) is 0 Å². The molecule has 2 fully saturated rings. The van der Waals surface area contributed by atoms with Gasteiger partial charge in [-0.05, 0) is 19.1 Å². The largest absolute Gasteiger partial charge is 0.379 e. The van der Waals surface area contributed by atoms with Gasteiger partial charge in [-0.15, -0.1) is 0 Å². The van der Waals surface area contributed by atoms with Crippen LogP contribution in [0.1, 0.15) is 21.9 Å². The number of pyridine rings is 1. The Labute approximate surface area is 166 Å². The molecule has 0 N–H and O–H groups in total. The molecule has 2 aromatic heterocycles. The van der Waals surface area contributed by atoms with Crippen molar-refractivity contribution in [2.24, 2.45) is 5.92 Å². The first kappa shape index (κ1) is 18.8. The number of ether oxygens (including phenoxy) is 1. The topological polar surface area (TPSA) is 102 Å². The second-order valence-electron chi connectivity index (χ2n) is 7.15. The van der Waals surface area contributed by atoms with Crippen LogP contribution in [0.2, 0.25) is 5.02 Å². The third-order valence-electron chi connectivity index (χ3n) is 5.09. The number of aryl methyl sites for hydroxylation is 1. The number of halogens is 1. The zero-order valence-corrected chi connectivity index (χ0v) is 16.1. The molecular formula is C18H20ClN5O4. The molecule has 0 saturated carbocycles. The summed E-state index contributed by atoms with van der Waals surface area (Å²) >= 11 is 5.87. The molecule has 0 spiro atoms. The van der Waals surface area contributed by atoms with Gasteiger partial charge >= 0.3 is 0 Å². The Bertz CT molecular complexity index is 871. The van der Waals surface area contributed by atoms with Crippen LogP contribution in [-0.2, 0) is 16.0 Å². The molecule has 0 unspecified atom stereocenters. The van der Waals surface area contributed by atoms with Crippen LogP contribution in [0.3, 0.4) is 0 Å². The number of hydrogen-bond donors (Lipinski definition) is 0. The molecular weight excluding hydrogens is 386 g/mol. The average Bonchev–Trinajstić information content (AvgIpc) is 2.88. The maximum absolute atomic E-state index is 12.9. The van der Waals surface area contributed by atoms with E-state index in [0.29, 0.717) is 55.0 Å². The molecule has 2 saturated heterocycles. The van der Waals surface area contributed by atoms with E-state index in [4.69, 9.17) is 16.3 Å². The molecule has 0 radical (unpaired) electrons. The van der Waals surface area contributed by atoms with E-state index >= 15 is 0 Å². The van der Waals surface area contributed by atoms with E-state index in [1.165, 1.54) is 6.20 Å². The number of carbonyl (C=O) groups is 2. The van der Waals surface area contributed by atoms with E-state index in [2.05, 4.69) is 19.9 Å². The quantitative estimate of drug-likeness (QED) is 0.749. The third kappa shape index (κ3) is 3.85. The summed E-state index contributed by atoms with van der Waals surface area (Å²) < 4.78 is 10.4. The maximum atomic E-state index is 12.9. The van der Waals surface area contributed by atoms with Gasteiger partial charge in [0.05, 0.1) is 30.7 Å². The SMILES string of the molecule is Cc1nonc1CC(=O)N1C[C@H]2COC[C@@H]1CN(C(=O)c1ccc(Cl)cn1)C2. The molecule has 28 heavy (non-hydrogen) atoms. The van der Waals surface area contributed by atoms with Crippen LogP contribution in [0.15, 0.2) is 23.0 Å². The predicted octanol–water partition coefficient (Wildman–Crippen LogP) is 0.969. The van der Waals surface area contributed by atoms with Crippen molar-refractivity contribution in [2.45, 2.75) is 19.4 Å². The second kappa shape index (κ2) is 7.84. The molecule has 0 aliphatic carbocycles. The van der Waals surface area contributed by atoms with Crippen LogP contribution >= 0.6 is 11.6 Å². The normalized spacial score (nSPS) is 22.1. The fourth-order valence-electron chi connectivity index (χ4n) is 3.63. The minimum atomic E-state index is -0.226. The van der Waals surface area contributed by atoms with Gasteiger partial charge in [0, 0.05) is 31.7 Å². The molecule has 9 nitrogen and oxygen atoms in total. The van der Waals surface area contributed by atoms with Gasteiger partial charge in [0.15, 0.2) is 0 Å².